The van der Waals surface area contributed by atoms with Gasteiger partial charge in [0.05, 0.1) is 12.1 Å². The van der Waals surface area contributed by atoms with Crippen molar-refractivity contribution in [1.29, 1.82) is 0 Å². The van der Waals surface area contributed by atoms with Gasteiger partial charge in [-0.3, -0.25) is 4.90 Å². The molecule has 1 N–H and O–H groups in total. The number of benzene rings is 1. The Kier molecular flexibility index (Phi) is 2.96. The van der Waals surface area contributed by atoms with Crippen molar-refractivity contribution in [3.8, 4) is 0 Å². The molecule has 1 heterocycles. The number of nitrogens with zero attached hydrogens (tertiary/aromatic N) is 1. The first-order valence-electron chi connectivity index (χ1n) is 4.93. The van der Waals surface area contributed by atoms with Gasteiger partial charge < -0.3 is 5.11 Å². The van der Waals surface area contributed by atoms with E-state index in [0.717, 1.165) is 6.54 Å². The number of aliphatic hydroxyl groups is 1. The van der Waals surface area contributed by atoms with Crippen LogP contribution in [0, 0.1) is 5.82 Å². The molecule has 0 aliphatic carbocycles. The number of halogens is 2. The first-order valence-corrected chi connectivity index (χ1v) is 5.30. The molecule has 4 heteroatoms. The maximum Gasteiger partial charge on any atom is 0.129 e. The molecule has 2 unspecified atom stereocenters. The van der Waals surface area contributed by atoms with E-state index >= 15 is 0 Å². The monoisotopic (exact) mass is 229 g/mol. The van der Waals surface area contributed by atoms with Gasteiger partial charge in [0.1, 0.15) is 5.82 Å². The third kappa shape index (κ3) is 2.00. The van der Waals surface area contributed by atoms with Crippen LogP contribution in [0.25, 0.3) is 0 Å². The topological polar surface area (TPSA) is 23.5 Å². The van der Waals surface area contributed by atoms with Crippen molar-refractivity contribution in [2.24, 2.45) is 0 Å². The van der Waals surface area contributed by atoms with Gasteiger partial charge in [-0.05, 0) is 25.6 Å². The molecule has 0 aromatic heterocycles. The third-order valence-corrected chi connectivity index (χ3v) is 3.13. The van der Waals surface area contributed by atoms with E-state index in [1.54, 1.807) is 12.1 Å². The van der Waals surface area contributed by atoms with Crippen molar-refractivity contribution < 1.29 is 9.50 Å². The summed E-state index contributed by atoms with van der Waals surface area (Å²) in [6, 6.07) is 4.34. The summed E-state index contributed by atoms with van der Waals surface area (Å²) in [5.74, 6) is -0.347. The minimum absolute atomic E-state index is 0.248. The molecule has 1 aliphatic heterocycles. The summed E-state index contributed by atoms with van der Waals surface area (Å²) in [7, 11) is 1.88. The zero-order chi connectivity index (χ0) is 11.0. The summed E-state index contributed by atoms with van der Waals surface area (Å²) in [6.45, 7) is 0.786. The standard InChI is InChI=1S/C11H13ClFNO/c1-14-5-4-10(15)11(14)8-3-2-7(12)6-9(8)13/h2-3,6,10-11,15H,4-5H2,1H3. The Morgan fingerprint density at radius 1 is 1.53 bits per heavy atom. The maximum atomic E-state index is 13.6. The third-order valence-electron chi connectivity index (χ3n) is 2.90. The van der Waals surface area contributed by atoms with Crippen LogP contribution < -0.4 is 0 Å². The molecule has 0 saturated carbocycles. The van der Waals surface area contributed by atoms with Gasteiger partial charge in [0.15, 0.2) is 0 Å². The summed E-state index contributed by atoms with van der Waals surface area (Å²) < 4.78 is 13.6. The van der Waals surface area contributed by atoms with Crippen LogP contribution in [-0.4, -0.2) is 29.7 Å². The molecule has 0 spiro atoms. The zero-order valence-corrected chi connectivity index (χ0v) is 9.21. The van der Waals surface area contributed by atoms with Crippen LogP contribution in [-0.2, 0) is 0 Å². The Hall–Kier alpha value is -0.640. The lowest BCUT2D eigenvalue weighted by atomic mass is 10.0. The molecule has 2 rings (SSSR count). The van der Waals surface area contributed by atoms with E-state index in [9.17, 15) is 9.50 Å². The normalized spacial score (nSPS) is 27.2. The lowest BCUT2D eigenvalue weighted by Gasteiger charge is -2.22. The van der Waals surface area contributed by atoms with Crippen molar-refractivity contribution >= 4 is 11.6 Å². The average Bonchev–Trinajstić information content (AvgIpc) is 2.48. The number of hydrogen-bond acceptors (Lipinski definition) is 2. The molecule has 0 radical (unpaired) electrons. The number of likely N-dealkylation sites (N-methyl/N-ethyl adjacent to an activating group) is 1. The van der Waals surface area contributed by atoms with Gasteiger partial charge in [0, 0.05) is 17.1 Å². The highest BCUT2D eigenvalue weighted by molar-refractivity contribution is 6.30. The van der Waals surface area contributed by atoms with E-state index in [1.807, 2.05) is 11.9 Å². The van der Waals surface area contributed by atoms with E-state index < -0.39 is 6.10 Å². The van der Waals surface area contributed by atoms with Crippen LogP contribution in [0.3, 0.4) is 0 Å². The Labute approximate surface area is 93.3 Å². The van der Waals surface area contributed by atoms with Gasteiger partial charge in [0.25, 0.3) is 0 Å². The van der Waals surface area contributed by atoms with Gasteiger partial charge in [-0.25, -0.2) is 4.39 Å². The van der Waals surface area contributed by atoms with Crippen molar-refractivity contribution in [2.45, 2.75) is 18.6 Å². The fourth-order valence-electron chi connectivity index (χ4n) is 2.11. The van der Waals surface area contributed by atoms with Crippen molar-refractivity contribution in [3.05, 3.63) is 34.6 Å². The van der Waals surface area contributed by atoms with E-state index in [0.29, 0.717) is 17.0 Å². The molecular weight excluding hydrogens is 217 g/mol. The molecule has 2 nitrogen and oxygen atoms in total. The fraction of sp³-hybridized carbons (Fsp3) is 0.455. The summed E-state index contributed by atoms with van der Waals surface area (Å²) in [5.41, 5.74) is 0.520. The van der Waals surface area contributed by atoms with Gasteiger partial charge in [0.2, 0.25) is 0 Å². The van der Waals surface area contributed by atoms with E-state index in [-0.39, 0.29) is 11.9 Å². The molecule has 1 saturated heterocycles. The maximum absolute atomic E-state index is 13.6. The Morgan fingerprint density at radius 3 is 2.80 bits per heavy atom. The SMILES string of the molecule is CN1CCC(O)C1c1ccc(Cl)cc1F. The molecule has 1 fully saturated rings. The Balaban J connectivity index is 2.36. The molecule has 15 heavy (non-hydrogen) atoms. The van der Waals surface area contributed by atoms with Crippen LogP contribution in [0.15, 0.2) is 18.2 Å². The van der Waals surface area contributed by atoms with Gasteiger partial charge in [-0.2, -0.15) is 0 Å². The van der Waals surface area contributed by atoms with Gasteiger partial charge in [-0.15, -0.1) is 0 Å². The number of aliphatic hydroxyl groups excluding tert-OH is 1. The van der Waals surface area contributed by atoms with Crippen molar-refractivity contribution in [1.82, 2.24) is 4.90 Å². The Morgan fingerprint density at radius 2 is 2.27 bits per heavy atom. The van der Waals surface area contributed by atoms with Gasteiger partial charge in [-0.1, -0.05) is 17.7 Å². The van der Waals surface area contributed by atoms with Crippen LogP contribution in [0.5, 0.6) is 0 Å². The fourth-order valence-corrected chi connectivity index (χ4v) is 2.27. The van der Waals surface area contributed by atoms with Crippen molar-refractivity contribution in [3.63, 3.8) is 0 Å². The molecule has 1 aromatic carbocycles. The second-order valence-corrected chi connectivity index (χ2v) is 4.38. The summed E-state index contributed by atoms with van der Waals surface area (Å²) in [6.07, 6.45) is 0.189. The predicted octanol–water partition coefficient (Wildman–Crippen LogP) is 2.22. The quantitative estimate of drug-likeness (QED) is 0.798. The van der Waals surface area contributed by atoms with Crippen LogP contribution in [0.2, 0.25) is 5.02 Å². The molecule has 0 bridgehead atoms. The lowest BCUT2D eigenvalue weighted by Crippen LogP contribution is -2.24. The summed E-state index contributed by atoms with van der Waals surface area (Å²) >= 11 is 5.68. The second-order valence-electron chi connectivity index (χ2n) is 3.95. The lowest BCUT2D eigenvalue weighted by molar-refractivity contribution is 0.125. The zero-order valence-electron chi connectivity index (χ0n) is 8.45. The minimum Gasteiger partial charge on any atom is -0.391 e. The van der Waals surface area contributed by atoms with Gasteiger partial charge >= 0.3 is 0 Å². The minimum atomic E-state index is -0.495. The Bertz CT molecular complexity index is 362. The summed E-state index contributed by atoms with van der Waals surface area (Å²) in [5, 5.41) is 10.1. The van der Waals surface area contributed by atoms with Crippen LogP contribution in [0.1, 0.15) is 18.0 Å². The molecule has 82 valence electrons. The van der Waals surface area contributed by atoms with E-state index in [1.165, 1.54) is 6.07 Å². The average molecular weight is 230 g/mol. The van der Waals surface area contributed by atoms with Crippen LogP contribution >= 0.6 is 11.6 Å². The first-order chi connectivity index (χ1) is 7.09. The summed E-state index contributed by atoms with van der Waals surface area (Å²) in [4.78, 5) is 1.96. The van der Waals surface area contributed by atoms with Crippen molar-refractivity contribution in [2.75, 3.05) is 13.6 Å². The molecule has 0 amide bonds. The largest absolute Gasteiger partial charge is 0.391 e. The predicted molar refractivity (Wildman–Crippen MR) is 57.4 cm³/mol. The molecule has 1 aliphatic rings. The van der Waals surface area contributed by atoms with Crippen LogP contribution in [0.4, 0.5) is 4.39 Å². The number of hydrogen-bond donors (Lipinski definition) is 1. The van der Waals surface area contributed by atoms with E-state index in [4.69, 9.17) is 11.6 Å². The molecule has 2 atom stereocenters. The molecule has 1 aromatic rings. The first kappa shape index (κ1) is 10.9. The van der Waals surface area contributed by atoms with E-state index in [2.05, 4.69) is 0 Å². The highest BCUT2D eigenvalue weighted by Gasteiger charge is 2.33. The second kappa shape index (κ2) is 4.08. The smallest absolute Gasteiger partial charge is 0.129 e. The highest BCUT2D eigenvalue weighted by atomic mass is 35.5. The number of likely N-dealkylation sites (tertiary alicyclic amines) is 1. The molecular formula is C11H13ClFNO. The highest BCUT2D eigenvalue weighted by Crippen LogP contribution is 2.33. The number of rotatable bonds is 1.